The molecule has 0 spiro atoms. The standard InChI is InChI=1S/C39H35ClN4O5/c1-24(2)34(35-41-33-21-28(40)17-18-32(33)39(49)44(35)22-26-9-5-4-6-10-26)43(36(46)27-15-13-25(3)14-16-27)23-29(45)19-20-42-37(47)30-11-7-8-12-31(30)38(42)48/h4-18,21,24,34H,19-20,22-23H2,1-3H3. The van der Waals surface area contributed by atoms with E-state index in [1.165, 1.54) is 4.90 Å². The van der Waals surface area contributed by atoms with Crippen LogP contribution in [-0.4, -0.2) is 55.9 Å². The molecule has 1 atom stereocenters. The topological polar surface area (TPSA) is 110 Å². The van der Waals surface area contributed by atoms with Crippen LogP contribution in [0.1, 0.15) is 74.3 Å². The van der Waals surface area contributed by atoms with Crippen LogP contribution in [0.4, 0.5) is 0 Å². The Morgan fingerprint density at radius 2 is 1.47 bits per heavy atom. The first kappa shape index (κ1) is 33.5. The molecule has 1 aliphatic rings. The molecule has 0 aliphatic carbocycles. The monoisotopic (exact) mass is 674 g/mol. The highest BCUT2D eigenvalue weighted by Gasteiger charge is 2.37. The van der Waals surface area contributed by atoms with Gasteiger partial charge in [0.15, 0.2) is 5.78 Å². The van der Waals surface area contributed by atoms with Gasteiger partial charge in [-0.3, -0.25) is 33.4 Å². The number of nitrogens with zero attached hydrogens (tertiary/aromatic N) is 4. The maximum atomic E-state index is 14.4. The smallest absolute Gasteiger partial charge is 0.261 e. The van der Waals surface area contributed by atoms with E-state index < -0.39 is 23.8 Å². The third-order valence-corrected chi connectivity index (χ3v) is 9.00. The van der Waals surface area contributed by atoms with E-state index in [2.05, 4.69) is 0 Å². The molecule has 49 heavy (non-hydrogen) atoms. The molecule has 0 saturated carbocycles. The summed E-state index contributed by atoms with van der Waals surface area (Å²) in [6, 6.07) is 27.1. The van der Waals surface area contributed by atoms with Crippen molar-refractivity contribution in [2.75, 3.05) is 13.1 Å². The highest BCUT2D eigenvalue weighted by atomic mass is 35.5. The second-order valence-corrected chi connectivity index (χ2v) is 13.0. The van der Waals surface area contributed by atoms with Gasteiger partial charge in [-0.2, -0.15) is 0 Å². The summed E-state index contributed by atoms with van der Waals surface area (Å²) in [7, 11) is 0. The zero-order valence-corrected chi connectivity index (χ0v) is 28.2. The molecule has 1 aliphatic heterocycles. The SMILES string of the molecule is Cc1ccc(C(=O)N(CC(=O)CCN2C(=O)c3ccccc3C2=O)C(c2nc3cc(Cl)ccc3c(=O)n2Cc2ccccc2)C(C)C)cc1. The van der Waals surface area contributed by atoms with Crippen molar-refractivity contribution >= 4 is 46.0 Å². The first-order chi connectivity index (χ1) is 23.5. The summed E-state index contributed by atoms with van der Waals surface area (Å²) in [5.74, 6) is -1.67. The largest absolute Gasteiger partial charge is 0.321 e. The highest BCUT2D eigenvalue weighted by molar-refractivity contribution is 6.31. The number of hydrogen-bond acceptors (Lipinski definition) is 6. The van der Waals surface area contributed by atoms with Crippen LogP contribution in [0, 0.1) is 12.8 Å². The van der Waals surface area contributed by atoms with Gasteiger partial charge in [0.1, 0.15) is 5.82 Å². The Morgan fingerprint density at radius 3 is 2.10 bits per heavy atom. The van der Waals surface area contributed by atoms with Gasteiger partial charge in [0, 0.05) is 23.6 Å². The zero-order chi connectivity index (χ0) is 34.8. The minimum absolute atomic E-state index is 0.129. The van der Waals surface area contributed by atoms with Gasteiger partial charge in [-0.25, -0.2) is 4.98 Å². The number of carbonyl (C=O) groups excluding carboxylic acids is 4. The number of rotatable bonds is 11. The summed E-state index contributed by atoms with van der Waals surface area (Å²) >= 11 is 6.34. The summed E-state index contributed by atoms with van der Waals surface area (Å²) in [4.78, 5) is 75.8. The summed E-state index contributed by atoms with van der Waals surface area (Å²) in [5, 5.41) is 0.781. The molecule has 0 bridgehead atoms. The van der Waals surface area contributed by atoms with Gasteiger partial charge in [0.25, 0.3) is 23.3 Å². The Balaban J connectivity index is 1.41. The average Bonchev–Trinajstić information content (AvgIpc) is 3.33. The number of imide groups is 1. The minimum atomic E-state index is -0.822. The lowest BCUT2D eigenvalue weighted by atomic mass is 9.98. The molecule has 0 N–H and O–H groups in total. The number of fused-ring (bicyclic) bond motifs is 2. The fraction of sp³-hybridized carbons (Fsp3) is 0.231. The summed E-state index contributed by atoms with van der Waals surface area (Å²) in [5.41, 5.74) is 2.87. The normalized spacial score (nSPS) is 13.2. The van der Waals surface area contributed by atoms with E-state index in [1.807, 2.05) is 63.2 Å². The summed E-state index contributed by atoms with van der Waals surface area (Å²) in [6.07, 6.45) is -0.161. The number of benzene rings is 4. The van der Waals surface area contributed by atoms with Gasteiger partial charge in [-0.1, -0.05) is 85.6 Å². The van der Waals surface area contributed by atoms with E-state index in [-0.39, 0.29) is 43.3 Å². The number of ketones is 1. The first-order valence-electron chi connectivity index (χ1n) is 16.1. The van der Waals surface area contributed by atoms with E-state index in [0.717, 1.165) is 16.0 Å². The van der Waals surface area contributed by atoms with Crippen LogP contribution in [0.15, 0.2) is 102 Å². The van der Waals surface area contributed by atoms with Gasteiger partial charge in [-0.05, 0) is 60.9 Å². The lowest BCUT2D eigenvalue weighted by Crippen LogP contribution is -2.44. The van der Waals surface area contributed by atoms with E-state index in [4.69, 9.17) is 16.6 Å². The van der Waals surface area contributed by atoms with Crippen molar-refractivity contribution in [3.05, 3.63) is 146 Å². The van der Waals surface area contributed by atoms with Crippen molar-refractivity contribution in [3.8, 4) is 0 Å². The highest BCUT2D eigenvalue weighted by Crippen LogP contribution is 2.31. The maximum absolute atomic E-state index is 14.4. The lowest BCUT2D eigenvalue weighted by molar-refractivity contribution is -0.120. The summed E-state index contributed by atoms with van der Waals surface area (Å²) in [6.45, 7) is 5.44. The number of amides is 3. The molecule has 0 saturated heterocycles. The molecular formula is C39H35ClN4O5. The Kier molecular flexibility index (Phi) is 9.56. The van der Waals surface area contributed by atoms with Crippen molar-refractivity contribution in [2.24, 2.45) is 5.92 Å². The van der Waals surface area contributed by atoms with Gasteiger partial charge >= 0.3 is 0 Å². The van der Waals surface area contributed by atoms with Crippen LogP contribution in [0.2, 0.25) is 5.02 Å². The molecule has 1 unspecified atom stereocenters. The maximum Gasteiger partial charge on any atom is 0.261 e. The second-order valence-electron chi connectivity index (χ2n) is 12.6. The molecule has 9 nitrogen and oxygen atoms in total. The van der Waals surface area contributed by atoms with Crippen molar-refractivity contribution in [2.45, 2.75) is 39.8 Å². The van der Waals surface area contributed by atoms with Crippen molar-refractivity contribution in [3.63, 3.8) is 0 Å². The van der Waals surface area contributed by atoms with Crippen LogP contribution in [0.3, 0.4) is 0 Å². The molecule has 5 aromatic rings. The second kappa shape index (κ2) is 14.0. The third-order valence-electron chi connectivity index (χ3n) is 8.76. The third kappa shape index (κ3) is 6.80. The quantitative estimate of drug-likeness (QED) is 0.148. The van der Waals surface area contributed by atoms with Crippen LogP contribution < -0.4 is 5.56 Å². The van der Waals surface area contributed by atoms with Gasteiger partial charge < -0.3 is 4.90 Å². The van der Waals surface area contributed by atoms with E-state index in [1.54, 1.807) is 59.2 Å². The molecule has 0 radical (unpaired) electrons. The molecule has 0 fully saturated rings. The number of aryl methyl sites for hydroxylation is 1. The van der Waals surface area contributed by atoms with Gasteiger partial charge in [0.2, 0.25) is 0 Å². The van der Waals surface area contributed by atoms with Gasteiger partial charge in [0.05, 0.1) is 41.2 Å². The van der Waals surface area contributed by atoms with Gasteiger partial charge in [-0.15, -0.1) is 0 Å². The molecule has 3 amide bonds. The predicted octanol–water partition coefficient (Wildman–Crippen LogP) is 6.50. The minimum Gasteiger partial charge on any atom is -0.321 e. The summed E-state index contributed by atoms with van der Waals surface area (Å²) < 4.78 is 1.56. The van der Waals surface area contributed by atoms with Crippen molar-refractivity contribution < 1.29 is 19.2 Å². The number of aromatic nitrogens is 2. The number of carbonyl (C=O) groups is 4. The molecule has 2 heterocycles. The number of hydrogen-bond donors (Lipinski definition) is 0. The Bertz CT molecular complexity index is 2110. The lowest BCUT2D eigenvalue weighted by Gasteiger charge is -2.35. The van der Waals surface area contributed by atoms with Crippen LogP contribution >= 0.6 is 11.6 Å². The van der Waals surface area contributed by atoms with Crippen molar-refractivity contribution in [1.82, 2.24) is 19.4 Å². The Labute approximate surface area is 288 Å². The molecule has 4 aromatic carbocycles. The van der Waals surface area contributed by atoms with Crippen LogP contribution in [-0.2, 0) is 11.3 Å². The Morgan fingerprint density at radius 1 is 0.837 bits per heavy atom. The predicted molar refractivity (Wildman–Crippen MR) is 188 cm³/mol. The fourth-order valence-corrected chi connectivity index (χ4v) is 6.43. The number of Topliss-reactive ketones (excluding diaryl/α,β-unsaturated/α-hetero) is 1. The van der Waals surface area contributed by atoms with E-state index in [0.29, 0.717) is 38.4 Å². The fourth-order valence-electron chi connectivity index (χ4n) is 6.26. The first-order valence-corrected chi connectivity index (χ1v) is 16.5. The molecule has 10 heteroatoms. The molecule has 6 rings (SSSR count). The van der Waals surface area contributed by atoms with Crippen molar-refractivity contribution in [1.29, 1.82) is 0 Å². The van der Waals surface area contributed by atoms with E-state index >= 15 is 0 Å². The zero-order valence-electron chi connectivity index (χ0n) is 27.4. The average molecular weight is 675 g/mol. The molecule has 248 valence electrons. The Hall–Kier alpha value is -5.41. The van der Waals surface area contributed by atoms with Crippen LogP contribution in [0.5, 0.6) is 0 Å². The number of halogens is 1. The van der Waals surface area contributed by atoms with Crippen LogP contribution in [0.25, 0.3) is 10.9 Å². The molecule has 1 aromatic heterocycles. The molecular weight excluding hydrogens is 640 g/mol. The van der Waals surface area contributed by atoms with E-state index in [9.17, 15) is 24.0 Å².